The molecule has 0 saturated heterocycles. The lowest BCUT2D eigenvalue weighted by Gasteiger charge is -2.15. The first-order valence-corrected chi connectivity index (χ1v) is 5.44. The molecular formula is C13H14FN3. The Balaban J connectivity index is 2.14. The molecule has 3 nitrogen and oxygen atoms in total. The van der Waals surface area contributed by atoms with Gasteiger partial charge in [0.05, 0.1) is 18.1 Å². The van der Waals surface area contributed by atoms with E-state index in [-0.39, 0.29) is 11.9 Å². The first-order chi connectivity index (χ1) is 8.16. The first-order valence-electron chi connectivity index (χ1n) is 5.44. The van der Waals surface area contributed by atoms with E-state index >= 15 is 0 Å². The third-order valence-corrected chi connectivity index (χ3v) is 2.64. The Labute approximate surface area is 99.7 Å². The van der Waals surface area contributed by atoms with Crippen LogP contribution in [0.2, 0.25) is 0 Å². The maximum absolute atomic E-state index is 13.4. The summed E-state index contributed by atoms with van der Waals surface area (Å²) in [5.41, 5.74) is 2.38. The smallest absolute Gasteiger partial charge is 0.126 e. The number of aromatic nitrogens is 2. The molecule has 1 aromatic carbocycles. The fourth-order valence-electron chi connectivity index (χ4n) is 1.59. The molecular weight excluding hydrogens is 217 g/mol. The van der Waals surface area contributed by atoms with Gasteiger partial charge in [-0.25, -0.2) is 14.4 Å². The normalized spacial score (nSPS) is 12.2. The average Bonchev–Trinajstić information content (AvgIpc) is 2.34. The van der Waals surface area contributed by atoms with Crippen LogP contribution in [0.5, 0.6) is 0 Å². The number of nitrogens with one attached hydrogen (secondary N) is 1. The van der Waals surface area contributed by atoms with E-state index in [1.807, 2.05) is 13.0 Å². The van der Waals surface area contributed by atoms with E-state index in [2.05, 4.69) is 15.3 Å². The van der Waals surface area contributed by atoms with E-state index in [1.165, 1.54) is 6.33 Å². The molecule has 4 heteroatoms. The first kappa shape index (κ1) is 11.5. The zero-order valence-corrected chi connectivity index (χ0v) is 9.81. The number of hydrogen-bond donors (Lipinski definition) is 1. The molecule has 0 aliphatic rings. The maximum Gasteiger partial charge on any atom is 0.126 e. The number of benzene rings is 1. The number of rotatable bonds is 3. The lowest BCUT2D eigenvalue weighted by Crippen LogP contribution is -2.07. The minimum atomic E-state index is -0.180. The molecule has 0 bridgehead atoms. The van der Waals surface area contributed by atoms with Gasteiger partial charge in [-0.1, -0.05) is 12.1 Å². The summed E-state index contributed by atoms with van der Waals surface area (Å²) in [5.74, 6) is -0.180. The van der Waals surface area contributed by atoms with Gasteiger partial charge in [0.1, 0.15) is 12.1 Å². The molecule has 0 amide bonds. The van der Waals surface area contributed by atoms with Crippen molar-refractivity contribution in [2.45, 2.75) is 19.9 Å². The highest BCUT2D eigenvalue weighted by Gasteiger charge is 2.07. The van der Waals surface area contributed by atoms with Crippen LogP contribution in [0.25, 0.3) is 0 Å². The van der Waals surface area contributed by atoms with Gasteiger partial charge in [0, 0.05) is 6.04 Å². The van der Waals surface area contributed by atoms with Gasteiger partial charge in [0.25, 0.3) is 0 Å². The van der Waals surface area contributed by atoms with E-state index < -0.39 is 0 Å². The monoisotopic (exact) mass is 231 g/mol. The van der Waals surface area contributed by atoms with Gasteiger partial charge < -0.3 is 5.32 Å². The van der Waals surface area contributed by atoms with Crippen LogP contribution in [0, 0.1) is 12.7 Å². The number of nitrogens with zero attached hydrogens (tertiary/aromatic N) is 2. The van der Waals surface area contributed by atoms with Crippen LogP contribution in [0.3, 0.4) is 0 Å². The van der Waals surface area contributed by atoms with Crippen LogP contribution in [0.15, 0.2) is 36.9 Å². The molecule has 0 radical (unpaired) electrons. The van der Waals surface area contributed by atoms with Gasteiger partial charge in [-0.2, -0.15) is 0 Å². The summed E-state index contributed by atoms with van der Waals surface area (Å²) in [5, 5.41) is 3.21. The Morgan fingerprint density at radius 2 is 1.94 bits per heavy atom. The molecule has 0 aliphatic heterocycles. The summed E-state index contributed by atoms with van der Waals surface area (Å²) >= 11 is 0. The fourth-order valence-corrected chi connectivity index (χ4v) is 1.59. The Morgan fingerprint density at radius 1 is 1.24 bits per heavy atom. The van der Waals surface area contributed by atoms with Crippen molar-refractivity contribution in [3.8, 4) is 0 Å². The highest BCUT2D eigenvalue weighted by Crippen LogP contribution is 2.20. The van der Waals surface area contributed by atoms with Gasteiger partial charge in [-0.05, 0) is 31.0 Å². The predicted molar refractivity (Wildman–Crippen MR) is 65.2 cm³/mol. The van der Waals surface area contributed by atoms with E-state index in [0.717, 1.165) is 11.3 Å². The van der Waals surface area contributed by atoms with Crippen molar-refractivity contribution in [3.05, 3.63) is 53.9 Å². The predicted octanol–water partition coefficient (Wildman–Crippen LogP) is 3.10. The van der Waals surface area contributed by atoms with Crippen molar-refractivity contribution in [1.82, 2.24) is 9.97 Å². The molecule has 88 valence electrons. The Morgan fingerprint density at radius 3 is 2.59 bits per heavy atom. The minimum absolute atomic E-state index is 0.0103. The average molecular weight is 231 g/mol. The number of halogens is 1. The number of anilines is 1. The van der Waals surface area contributed by atoms with Crippen LogP contribution in [0.1, 0.15) is 24.1 Å². The summed E-state index contributed by atoms with van der Waals surface area (Å²) < 4.78 is 13.4. The van der Waals surface area contributed by atoms with Crippen molar-refractivity contribution in [1.29, 1.82) is 0 Å². The van der Waals surface area contributed by atoms with Crippen molar-refractivity contribution >= 4 is 5.69 Å². The van der Waals surface area contributed by atoms with Crippen molar-refractivity contribution < 1.29 is 4.39 Å². The molecule has 2 aromatic rings. The standard InChI is InChI=1S/C13H14FN3/c1-9-3-4-11(5-13(9)14)10(2)17-12-6-15-8-16-7-12/h3-8,10,17H,1-2H3. The molecule has 1 unspecified atom stereocenters. The third kappa shape index (κ3) is 2.78. The van der Waals surface area contributed by atoms with Crippen molar-refractivity contribution in [2.24, 2.45) is 0 Å². The van der Waals surface area contributed by atoms with Gasteiger partial charge >= 0.3 is 0 Å². The fraction of sp³-hybridized carbons (Fsp3) is 0.231. The second-order valence-corrected chi connectivity index (χ2v) is 4.00. The molecule has 2 rings (SSSR count). The number of hydrogen-bond acceptors (Lipinski definition) is 3. The zero-order valence-electron chi connectivity index (χ0n) is 9.81. The molecule has 0 spiro atoms. The van der Waals surface area contributed by atoms with Crippen molar-refractivity contribution in [2.75, 3.05) is 5.32 Å². The van der Waals surface area contributed by atoms with Crippen molar-refractivity contribution in [3.63, 3.8) is 0 Å². The summed E-state index contributed by atoms with van der Waals surface area (Å²) in [6.45, 7) is 3.72. The van der Waals surface area contributed by atoms with Gasteiger partial charge in [-0.3, -0.25) is 0 Å². The summed E-state index contributed by atoms with van der Waals surface area (Å²) in [7, 11) is 0. The lowest BCUT2D eigenvalue weighted by molar-refractivity contribution is 0.614. The van der Waals surface area contributed by atoms with Gasteiger partial charge in [0.15, 0.2) is 0 Å². The van der Waals surface area contributed by atoms with E-state index in [1.54, 1.807) is 31.5 Å². The Hall–Kier alpha value is -1.97. The lowest BCUT2D eigenvalue weighted by atomic mass is 10.1. The molecule has 1 N–H and O–H groups in total. The summed E-state index contributed by atoms with van der Waals surface area (Å²) in [6, 6.07) is 5.26. The Kier molecular flexibility index (Phi) is 3.32. The highest BCUT2D eigenvalue weighted by molar-refractivity contribution is 5.41. The van der Waals surface area contributed by atoms with E-state index in [0.29, 0.717) is 5.56 Å². The molecule has 1 heterocycles. The van der Waals surface area contributed by atoms with Gasteiger partial charge in [-0.15, -0.1) is 0 Å². The van der Waals surface area contributed by atoms with Gasteiger partial charge in [0.2, 0.25) is 0 Å². The molecule has 17 heavy (non-hydrogen) atoms. The minimum Gasteiger partial charge on any atom is -0.376 e. The second kappa shape index (κ2) is 4.91. The molecule has 0 fully saturated rings. The van der Waals surface area contributed by atoms with Crippen LogP contribution >= 0.6 is 0 Å². The summed E-state index contributed by atoms with van der Waals surface area (Å²) in [6.07, 6.45) is 4.85. The quantitative estimate of drug-likeness (QED) is 0.882. The topological polar surface area (TPSA) is 37.8 Å². The van der Waals surface area contributed by atoms with E-state index in [9.17, 15) is 4.39 Å². The molecule has 1 aromatic heterocycles. The third-order valence-electron chi connectivity index (χ3n) is 2.64. The second-order valence-electron chi connectivity index (χ2n) is 4.00. The summed E-state index contributed by atoms with van der Waals surface area (Å²) in [4.78, 5) is 7.83. The zero-order chi connectivity index (χ0) is 12.3. The Bertz CT molecular complexity index is 499. The highest BCUT2D eigenvalue weighted by atomic mass is 19.1. The SMILES string of the molecule is Cc1ccc(C(C)Nc2cncnc2)cc1F. The van der Waals surface area contributed by atoms with E-state index in [4.69, 9.17) is 0 Å². The van der Waals surface area contributed by atoms with Crippen LogP contribution < -0.4 is 5.32 Å². The maximum atomic E-state index is 13.4. The van der Waals surface area contributed by atoms with Crippen LogP contribution in [0.4, 0.5) is 10.1 Å². The molecule has 1 atom stereocenters. The molecule has 0 aliphatic carbocycles. The molecule has 0 saturated carbocycles. The number of aryl methyl sites for hydroxylation is 1. The van der Waals surface area contributed by atoms with Crippen LogP contribution in [-0.4, -0.2) is 9.97 Å². The van der Waals surface area contributed by atoms with Crippen LogP contribution in [-0.2, 0) is 0 Å². The largest absolute Gasteiger partial charge is 0.376 e.